The number of benzene rings is 1. The normalized spacial score (nSPS) is 20.8. The van der Waals surface area contributed by atoms with E-state index in [4.69, 9.17) is 26.9 Å². The maximum atomic E-state index is 5.58. The summed E-state index contributed by atoms with van der Waals surface area (Å²) in [7, 11) is 0. The lowest BCUT2D eigenvalue weighted by Gasteiger charge is -2.32. The largest absolute Gasteiger partial charge is 0.379 e. The molecule has 0 bridgehead atoms. The molecule has 1 aromatic heterocycles. The first-order valence-electron chi connectivity index (χ1n) is 12.4. The number of thiocarbonyl (C=S) groups is 1. The quantitative estimate of drug-likeness (QED) is 0.606. The van der Waals surface area contributed by atoms with Crippen LogP contribution in [0.2, 0.25) is 0 Å². The summed E-state index contributed by atoms with van der Waals surface area (Å²) in [5.74, 6) is 3.15. The number of hydrogen-bond donors (Lipinski definition) is 2. The highest BCUT2D eigenvalue weighted by Gasteiger charge is 2.24. The summed E-state index contributed by atoms with van der Waals surface area (Å²) in [5.41, 5.74) is 2.73. The first-order chi connectivity index (χ1) is 16.6. The Bertz CT molecular complexity index is 972. The van der Waals surface area contributed by atoms with E-state index in [-0.39, 0.29) is 0 Å². The third kappa shape index (κ3) is 5.76. The Morgan fingerprint density at radius 1 is 1.06 bits per heavy atom. The van der Waals surface area contributed by atoms with Crippen molar-refractivity contribution in [2.75, 3.05) is 67.6 Å². The average Bonchev–Trinajstić information content (AvgIpc) is 3.29. The first kappa shape index (κ1) is 23.3. The summed E-state index contributed by atoms with van der Waals surface area (Å²) in [6.45, 7) is 11.4. The minimum Gasteiger partial charge on any atom is -0.379 e. The van der Waals surface area contributed by atoms with Crippen molar-refractivity contribution in [3.8, 4) is 0 Å². The van der Waals surface area contributed by atoms with E-state index in [2.05, 4.69) is 62.6 Å². The molecule has 1 aromatic carbocycles. The monoisotopic (exact) mass is 481 g/mol. The highest BCUT2D eigenvalue weighted by atomic mass is 32.1. The summed E-state index contributed by atoms with van der Waals surface area (Å²) in [6.07, 6.45) is 2.47. The van der Waals surface area contributed by atoms with Crippen LogP contribution in [0.1, 0.15) is 30.9 Å². The van der Waals surface area contributed by atoms with E-state index in [1.807, 2.05) is 0 Å². The van der Waals surface area contributed by atoms with Crippen LogP contribution < -0.4 is 20.4 Å². The Morgan fingerprint density at radius 2 is 1.76 bits per heavy atom. The molecule has 0 aliphatic carbocycles. The molecule has 2 N–H and O–H groups in total. The summed E-state index contributed by atoms with van der Waals surface area (Å²) in [5, 5.41) is 7.14. The van der Waals surface area contributed by atoms with Gasteiger partial charge in [0.05, 0.1) is 13.2 Å². The van der Waals surface area contributed by atoms with Crippen LogP contribution in [0.3, 0.4) is 0 Å². The van der Waals surface area contributed by atoms with E-state index < -0.39 is 0 Å². The molecular formula is C25H35N7OS. The zero-order chi connectivity index (χ0) is 23.3. The van der Waals surface area contributed by atoms with Crippen molar-refractivity contribution in [3.63, 3.8) is 0 Å². The lowest BCUT2D eigenvalue weighted by molar-refractivity contribution is 0.0389. The molecule has 9 heteroatoms. The third-order valence-corrected chi connectivity index (χ3v) is 7.13. The SMILES string of the molecule is C[C@H]1CCCN(c2cc(N3Cc4ccccc4C3)nc(NC(=S)NCCN3CCOCC3)n2)C1. The van der Waals surface area contributed by atoms with Gasteiger partial charge in [0.1, 0.15) is 11.6 Å². The minimum absolute atomic E-state index is 0.561. The lowest BCUT2D eigenvalue weighted by Crippen LogP contribution is -2.42. The lowest BCUT2D eigenvalue weighted by atomic mass is 10.0. The number of ether oxygens (including phenoxy) is 1. The highest BCUT2D eigenvalue weighted by Crippen LogP contribution is 2.31. The van der Waals surface area contributed by atoms with Crippen molar-refractivity contribution >= 4 is 34.9 Å². The fourth-order valence-electron chi connectivity index (χ4n) is 4.99. The van der Waals surface area contributed by atoms with E-state index in [1.165, 1.54) is 24.0 Å². The van der Waals surface area contributed by atoms with E-state index in [1.54, 1.807) is 0 Å². The fourth-order valence-corrected chi connectivity index (χ4v) is 5.19. The van der Waals surface area contributed by atoms with Crippen LogP contribution in [-0.4, -0.2) is 72.5 Å². The van der Waals surface area contributed by atoms with Crippen LogP contribution >= 0.6 is 12.2 Å². The Balaban J connectivity index is 1.29. The summed E-state index contributed by atoms with van der Waals surface area (Å²) in [6, 6.07) is 10.8. The molecule has 182 valence electrons. The Hall–Kier alpha value is -2.49. The van der Waals surface area contributed by atoms with Gasteiger partial charge in [-0.15, -0.1) is 0 Å². The van der Waals surface area contributed by atoms with Crippen molar-refractivity contribution in [1.82, 2.24) is 20.2 Å². The third-order valence-electron chi connectivity index (χ3n) is 6.89. The van der Waals surface area contributed by atoms with Crippen molar-refractivity contribution < 1.29 is 4.74 Å². The molecule has 1 atom stereocenters. The molecular weight excluding hydrogens is 446 g/mol. The molecule has 8 nitrogen and oxygen atoms in total. The molecule has 34 heavy (non-hydrogen) atoms. The van der Waals surface area contributed by atoms with E-state index in [0.717, 1.165) is 77.2 Å². The van der Waals surface area contributed by atoms with Crippen molar-refractivity contribution in [2.45, 2.75) is 32.9 Å². The zero-order valence-corrected chi connectivity index (χ0v) is 20.8. The van der Waals surface area contributed by atoms with Crippen molar-refractivity contribution in [3.05, 3.63) is 41.5 Å². The van der Waals surface area contributed by atoms with Crippen LogP contribution in [0.4, 0.5) is 17.6 Å². The molecule has 0 radical (unpaired) electrons. The smallest absolute Gasteiger partial charge is 0.232 e. The number of piperidine rings is 1. The van der Waals surface area contributed by atoms with Gasteiger partial charge in [-0.25, -0.2) is 0 Å². The second-order valence-corrected chi connectivity index (χ2v) is 9.97. The van der Waals surface area contributed by atoms with Gasteiger partial charge in [-0.2, -0.15) is 9.97 Å². The van der Waals surface area contributed by atoms with Gasteiger partial charge in [0.15, 0.2) is 5.11 Å². The standard InChI is InChI=1S/C25H35N7OS/c1-19-5-4-9-31(16-19)22-15-23(32-17-20-6-2-3-7-21(20)18-32)28-24(27-22)29-25(34)26-8-10-30-11-13-33-14-12-30/h2-3,6-7,15,19H,4-5,8-14,16-18H2,1H3,(H2,26,27,28,29,34)/t19-/m0/s1. The molecule has 3 aliphatic heterocycles. The van der Waals surface area contributed by atoms with E-state index >= 15 is 0 Å². The second kappa shape index (κ2) is 10.8. The van der Waals surface area contributed by atoms with Gasteiger partial charge < -0.3 is 25.2 Å². The van der Waals surface area contributed by atoms with Crippen LogP contribution in [0.25, 0.3) is 0 Å². The molecule has 2 aromatic rings. The molecule has 2 saturated heterocycles. The molecule has 5 rings (SSSR count). The minimum atomic E-state index is 0.561. The van der Waals surface area contributed by atoms with Crippen LogP contribution in [-0.2, 0) is 17.8 Å². The van der Waals surface area contributed by atoms with Gasteiger partial charge in [-0.1, -0.05) is 31.2 Å². The Morgan fingerprint density at radius 3 is 2.47 bits per heavy atom. The number of nitrogens with one attached hydrogen (secondary N) is 2. The number of morpholine rings is 1. The molecule has 0 saturated carbocycles. The number of aromatic nitrogens is 2. The highest BCUT2D eigenvalue weighted by molar-refractivity contribution is 7.80. The number of anilines is 3. The van der Waals surface area contributed by atoms with Gasteiger partial charge >= 0.3 is 0 Å². The predicted molar refractivity (Wildman–Crippen MR) is 140 cm³/mol. The van der Waals surface area contributed by atoms with E-state index in [9.17, 15) is 0 Å². The molecule has 3 aliphatic rings. The molecule has 0 amide bonds. The molecule has 0 spiro atoms. The average molecular weight is 482 g/mol. The first-order valence-corrected chi connectivity index (χ1v) is 12.9. The maximum absolute atomic E-state index is 5.58. The second-order valence-electron chi connectivity index (χ2n) is 9.56. The van der Waals surface area contributed by atoms with Crippen LogP contribution in [0.5, 0.6) is 0 Å². The van der Waals surface area contributed by atoms with Gasteiger partial charge in [0.25, 0.3) is 0 Å². The summed E-state index contributed by atoms with van der Waals surface area (Å²) < 4.78 is 5.42. The number of hydrogen-bond acceptors (Lipinski definition) is 7. The Kier molecular flexibility index (Phi) is 7.42. The van der Waals surface area contributed by atoms with Gasteiger partial charge in [0.2, 0.25) is 5.95 Å². The Labute approximate surface area is 207 Å². The number of rotatable bonds is 6. The molecule has 4 heterocycles. The fraction of sp³-hybridized carbons (Fsp3) is 0.560. The van der Waals surface area contributed by atoms with Crippen LogP contribution in [0, 0.1) is 5.92 Å². The number of fused-ring (bicyclic) bond motifs is 1. The molecule has 0 unspecified atom stereocenters. The van der Waals surface area contributed by atoms with Crippen molar-refractivity contribution in [2.24, 2.45) is 5.92 Å². The number of nitrogens with zero attached hydrogens (tertiary/aromatic N) is 5. The summed E-state index contributed by atoms with van der Waals surface area (Å²) in [4.78, 5) is 16.8. The molecule has 2 fully saturated rings. The topological polar surface area (TPSA) is 68.8 Å². The van der Waals surface area contributed by atoms with E-state index in [0.29, 0.717) is 17.0 Å². The predicted octanol–water partition coefficient (Wildman–Crippen LogP) is 2.85. The summed E-state index contributed by atoms with van der Waals surface area (Å²) >= 11 is 5.58. The van der Waals surface area contributed by atoms with Gasteiger partial charge in [0, 0.05) is 58.4 Å². The van der Waals surface area contributed by atoms with Gasteiger partial charge in [-0.05, 0) is 42.1 Å². The van der Waals surface area contributed by atoms with Crippen molar-refractivity contribution in [1.29, 1.82) is 0 Å². The van der Waals surface area contributed by atoms with Crippen LogP contribution in [0.15, 0.2) is 30.3 Å². The zero-order valence-electron chi connectivity index (χ0n) is 20.0. The maximum Gasteiger partial charge on any atom is 0.232 e. The van der Waals surface area contributed by atoms with Gasteiger partial charge in [-0.3, -0.25) is 4.90 Å².